The van der Waals surface area contributed by atoms with Gasteiger partial charge in [-0.25, -0.2) is 14.2 Å². The van der Waals surface area contributed by atoms with E-state index in [1.165, 1.54) is 24.3 Å². The van der Waals surface area contributed by atoms with Crippen LogP contribution in [0.2, 0.25) is 0 Å². The van der Waals surface area contributed by atoms with Gasteiger partial charge >= 0.3 is 5.97 Å². The Bertz CT molecular complexity index is 1260. The van der Waals surface area contributed by atoms with Gasteiger partial charge in [-0.15, -0.1) is 0 Å². The normalized spacial score (nSPS) is 11.5. The van der Waals surface area contributed by atoms with E-state index in [0.29, 0.717) is 11.2 Å². The van der Waals surface area contributed by atoms with Crippen LogP contribution in [0.1, 0.15) is 31.1 Å². The molecule has 0 spiro atoms. The number of fused-ring (bicyclic) bond motifs is 1. The van der Waals surface area contributed by atoms with Crippen LogP contribution in [-0.4, -0.2) is 21.7 Å². The second-order valence-electron chi connectivity index (χ2n) is 8.34. The summed E-state index contributed by atoms with van der Waals surface area (Å²) in [5.41, 5.74) is 3.58. The minimum atomic E-state index is -1.12. The molecule has 4 aromatic rings. The molecule has 1 aromatic heterocycles. The Morgan fingerprint density at radius 3 is 2.03 bits per heavy atom. The van der Waals surface area contributed by atoms with E-state index in [1.54, 1.807) is 0 Å². The van der Waals surface area contributed by atoms with Gasteiger partial charge in [0.1, 0.15) is 17.2 Å². The van der Waals surface area contributed by atoms with Gasteiger partial charge in [0.05, 0.1) is 16.8 Å². The summed E-state index contributed by atoms with van der Waals surface area (Å²) in [4.78, 5) is 16.2. The first kappa shape index (κ1) is 20.5. The third-order valence-corrected chi connectivity index (χ3v) is 4.79. The number of hydrogen-bond acceptors (Lipinski definition) is 3. The molecule has 0 unspecified atom stereocenters. The molecular weight excluding hydrogens is 393 g/mol. The van der Waals surface area contributed by atoms with E-state index < -0.39 is 11.8 Å². The first-order chi connectivity index (χ1) is 14.7. The van der Waals surface area contributed by atoms with Crippen LogP contribution in [0.25, 0.3) is 33.3 Å². The molecule has 4 nitrogen and oxygen atoms in total. The van der Waals surface area contributed by atoms with Gasteiger partial charge < -0.3 is 9.84 Å². The van der Waals surface area contributed by atoms with Crippen LogP contribution in [-0.2, 0) is 0 Å². The minimum absolute atomic E-state index is 0.0259. The van der Waals surface area contributed by atoms with Crippen molar-refractivity contribution in [3.05, 3.63) is 84.2 Å². The number of benzene rings is 3. The fraction of sp³-hybridized carbons (Fsp3) is 0.154. The van der Waals surface area contributed by atoms with Crippen LogP contribution < -0.4 is 4.74 Å². The number of aromatic nitrogens is 1. The number of halogens is 1. The second-order valence-corrected chi connectivity index (χ2v) is 8.34. The van der Waals surface area contributed by atoms with Gasteiger partial charge in [-0.05, 0) is 68.3 Å². The Balaban J connectivity index is 1.66. The van der Waals surface area contributed by atoms with E-state index in [1.807, 2.05) is 69.3 Å². The van der Waals surface area contributed by atoms with E-state index >= 15 is 0 Å². The number of carboxylic acid groups (broad SMARTS) is 1. The molecule has 0 amide bonds. The van der Waals surface area contributed by atoms with Crippen molar-refractivity contribution in [3.8, 4) is 28.1 Å². The fourth-order valence-electron chi connectivity index (χ4n) is 3.43. The summed E-state index contributed by atoms with van der Waals surface area (Å²) in [5.74, 6) is -0.799. The number of aromatic carboxylic acids is 1. The standard InChI is InChI=1S/C26H22FNO3/c1-26(2,3)31-20-11-8-17(9-12-20)16-4-6-18(7-5-16)24-15-22(25(29)30)21-14-19(27)10-13-23(21)28-24/h4-15H,1-3H3,(H,29,30). The van der Waals surface area contributed by atoms with E-state index in [-0.39, 0.29) is 16.6 Å². The lowest BCUT2D eigenvalue weighted by Crippen LogP contribution is -2.22. The molecule has 156 valence electrons. The number of carbonyl (C=O) groups is 1. The lowest BCUT2D eigenvalue weighted by Gasteiger charge is -2.21. The number of ether oxygens (including phenoxy) is 1. The van der Waals surface area contributed by atoms with Crippen LogP contribution in [0.15, 0.2) is 72.8 Å². The average molecular weight is 415 g/mol. The first-order valence-corrected chi connectivity index (χ1v) is 9.93. The molecule has 0 bridgehead atoms. The molecule has 0 saturated carbocycles. The molecule has 0 atom stereocenters. The lowest BCUT2D eigenvalue weighted by atomic mass is 10.0. The van der Waals surface area contributed by atoms with Gasteiger partial charge in [0, 0.05) is 10.9 Å². The van der Waals surface area contributed by atoms with Crippen LogP contribution in [0.4, 0.5) is 4.39 Å². The summed E-state index contributed by atoms with van der Waals surface area (Å²) >= 11 is 0. The van der Waals surface area contributed by atoms with Crippen molar-refractivity contribution in [1.82, 2.24) is 4.98 Å². The van der Waals surface area contributed by atoms with Crippen molar-refractivity contribution in [2.75, 3.05) is 0 Å². The molecule has 0 saturated heterocycles. The highest BCUT2D eigenvalue weighted by atomic mass is 19.1. The van der Waals surface area contributed by atoms with E-state index in [9.17, 15) is 14.3 Å². The predicted molar refractivity (Wildman–Crippen MR) is 120 cm³/mol. The number of rotatable bonds is 4. The summed E-state index contributed by atoms with van der Waals surface area (Å²) < 4.78 is 19.4. The summed E-state index contributed by atoms with van der Waals surface area (Å²) in [5, 5.41) is 9.85. The maximum atomic E-state index is 13.6. The summed E-state index contributed by atoms with van der Waals surface area (Å²) in [6, 6.07) is 21.1. The van der Waals surface area contributed by atoms with Gasteiger partial charge in [0.2, 0.25) is 0 Å². The Hall–Kier alpha value is -3.73. The van der Waals surface area contributed by atoms with Crippen LogP contribution in [0.5, 0.6) is 5.75 Å². The molecule has 0 aliphatic heterocycles. The molecule has 0 radical (unpaired) electrons. The number of pyridine rings is 1. The fourth-order valence-corrected chi connectivity index (χ4v) is 3.43. The van der Waals surface area contributed by atoms with Crippen molar-refractivity contribution in [1.29, 1.82) is 0 Å². The summed E-state index contributed by atoms with van der Waals surface area (Å²) in [6.45, 7) is 6.02. The average Bonchev–Trinajstić information content (AvgIpc) is 2.72. The minimum Gasteiger partial charge on any atom is -0.488 e. The monoisotopic (exact) mass is 415 g/mol. The molecule has 31 heavy (non-hydrogen) atoms. The van der Waals surface area contributed by atoms with Gasteiger partial charge in [-0.3, -0.25) is 0 Å². The molecule has 0 aliphatic carbocycles. The van der Waals surface area contributed by atoms with E-state index in [2.05, 4.69) is 4.98 Å². The maximum Gasteiger partial charge on any atom is 0.336 e. The highest BCUT2D eigenvalue weighted by Crippen LogP contribution is 2.29. The smallest absolute Gasteiger partial charge is 0.336 e. The molecule has 1 N–H and O–H groups in total. The third kappa shape index (κ3) is 4.56. The number of nitrogens with zero attached hydrogens (tertiary/aromatic N) is 1. The van der Waals surface area contributed by atoms with Gasteiger partial charge in [0.25, 0.3) is 0 Å². The Kier molecular flexibility index (Phi) is 5.19. The molecule has 0 aliphatic rings. The number of carboxylic acids is 1. The quantitative estimate of drug-likeness (QED) is 0.409. The van der Waals surface area contributed by atoms with Crippen molar-refractivity contribution in [2.45, 2.75) is 26.4 Å². The Morgan fingerprint density at radius 2 is 1.45 bits per heavy atom. The lowest BCUT2D eigenvalue weighted by molar-refractivity contribution is 0.0699. The molecule has 1 heterocycles. The van der Waals surface area contributed by atoms with Gasteiger partial charge in [0.15, 0.2) is 0 Å². The summed E-state index contributed by atoms with van der Waals surface area (Å²) in [6.07, 6.45) is 0. The highest BCUT2D eigenvalue weighted by molar-refractivity contribution is 6.03. The van der Waals surface area contributed by atoms with Crippen molar-refractivity contribution in [3.63, 3.8) is 0 Å². The molecule has 4 rings (SSSR count). The number of hydrogen-bond donors (Lipinski definition) is 1. The van der Waals surface area contributed by atoms with Gasteiger partial charge in [-0.2, -0.15) is 0 Å². The maximum absolute atomic E-state index is 13.6. The predicted octanol–water partition coefficient (Wildman–Crippen LogP) is 6.58. The van der Waals surface area contributed by atoms with Crippen molar-refractivity contribution >= 4 is 16.9 Å². The molecular formula is C26H22FNO3. The van der Waals surface area contributed by atoms with Crippen molar-refractivity contribution in [2.24, 2.45) is 0 Å². The molecule has 5 heteroatoms. The van der Waals surface area contributed by atoms with Crippen LogP contribution in [0.3, 0.4) is 0 Å². The largest absolute Gasteiger partial charge is 0.488 e. The van der Waals surface area contributed by atoms with Gasteiger partial charge in [-0.1, -0.05) is 36.4 Å². The SMILES string of the molecule is CC(C)(C)Oc1ccc(-c2ccc(-c3cc(C(=O)O)c4cc(F)ccc4n3)cc2)cc1. The second kappa shape index (κ2) is 7.84. The zero-order chi connectivity index (χ0) is 22.2. The van der Waals surface area contributed by atoms with Crippen LogP contribution >= 0.6 is 0 Å². The Labute approximate surface area is 180 Å². The zero-order valence-corrected chi connectivity index (χ0v) is 17.5. The van der Waals surface area contributed by atoms with E-state index in [0.717, 1.165) is 22.4 Å². The van der Waals surface area contributed by atoms with E-state index in [4.69, 9.17) is 4.74 Å². The molecule has 3 aromatic carbocycles. The summed E-state index contributed by atoms with van der Waals surface area (Å²) in [7, 11) is 0. The topological polar surface area (TPSA) is 59.4 Å². The Morgan fingerprint density at radius 1 is 0.871 bits per heavy atom. The first-order valence-electron chi connectivity index (χ1n) is 9.93. The zero-order valence-electron chi connectivity index (χ0n) is 17.5. The van der Waals surface area contributed by atoms with Crippen molar-refractivity contribution < 1.29 is 19.0 Å². The third-order valence-electron chi connectivity index (χ3n) is 4.79. The van der Waals surface area contributed by atoms with Crippen LogP contribution in [0, 0.1) is 5.82 Å². The molecule has 0 fully saturated rings. The highest BCUT2D eigenvalue weighted by Gasteiger charge is 2.14.